The molecule has 0 spiro atoms. The van der Waals surface area contributed by atoms with Crippen LogP contribution in [0.15, 0.2) is 0 Å². The van der Waals surface area contributed by atoms with E-state index in [-0.39, 0.29) is 12.0 Å². The lowest BCUT2D eigenvalue weighted by Crippen LogP contribution is -2.17. The Morgan fingerprint density at radius 3 is 2.33 bits per heavy atom. The zero-order chi connectivity index (χ0) is 13.3. The summed E-state index contributed by atoms with van der Waals surface area (Å²) < 4.78 is 1.95. The molecule has 0 bridgehead atoms. The first-order valence-electron chi connectivity index (χ1n) is 6.83. The van der Waals surface area contributed by atoms with E-state index in [1.807, 2.05) is 4.68 Å². The Kier molecular flexibility index (Phi) is 4.02. The number of aliphatic hydroxyl groups excluding tert-OH is 1. The molecule has 1 aromatic heterocycles. The molecule has 0 saturated heterocycles. The molecule has 102 valence electrons. The number of hydrogen-bond donors (Lipinski definition) is 1. The van der Waals surface area contributed by atoms with E-state index in [0.717, 1.165) is 24.1 Å². The molecule has 1 saturated carbocycles. The molecule has 1 aliphatic rings. The van der Waals surface area contributed by atoms with Crippen molar-refractivity contribution in [2.75, 3.05) is 0 Å². The molecule has 18 heavy (non-hydrogen) atoms. The van der Waals surface area contributed by atoms with Gasteiger partial charge in [-0.05, 0) is 12.8 Å². The molecule has 0 unspecified atom stereocenters. The molecule has 1 heterocycles. The van der Waals surface area contributed by atoms with Crippen LogP contribution in [-0.4, -0.2) is 14.9 Å². The lowest BCUT2D eigenvalue weighted by molar-refractivity contribution is 0.278. The molecule has 4 heteroatoms. The summed E-state index contributed by atoms with van der Waals surface area (Å²) in [5.41, 5.74) is 1.65. The number of hydrogen-bond acceptors (Lipinski definition) is 2. The molecule has 0 aromatic carbocycles. The summed E-state index contributed by atoms with van der Waals surface area (Å²) in [7, 11) is 0. The standard InChI is InChI=1S/C14H23ClN2O/c1-14(2,3)12-11(9-18)13(15)17(16-12)10-7-5-4-6-8-10/h10,18H,4-9H2,1-3H3. The third-order valence-electron chi connectivity index (χ3n) is 3.73. The van der Waals surface area contributed by atoms with Crippen molar-refractivity contribution in [1.29, 1.82) is 0 Å². The van der Waals surface area contributed by atoms with Crippen molar-refractivity contribution < 1.29 is 5.11 Å². The maximum Gasteiger partial charge on any atom is 0.133 e. The van der Waals surface area contributed by atoms with Crippen LogP contribution in [0.5, 0.6) is 0 Å². The average Bonchev–Trinajstić information content (AvgIpc) is 2.67. The Morgan fingerprint density at radius 2 is 1.89 bits per heavy atom. The van der Waals surface area contributed by atoms with Crippen LogP contribution in [0.3, 0.4) is 0 Å². The highest BCUT2D eigenvalue weighted by Gasteiger charge is 2.28. The Hall–Kier alpha value is -0.540. The first kappa shape index (κ1) is 13.9. The molecular weight excluding hydrogens is 248 g/mol. The summed E-state index contributed by atoms with van der Waals surface area (Å²) in [6, 6.07) is 0.410. The largest absolute Gasteiger partial charge is 0.391 e. The van der Waals surface area contributed by atoms with Gasteiger partial charge in [0, 0.05) is 11.0 Å². The van der Waals surface area contributed by atoms with Crippen LogP contribution in [-0.2, 0) is 12.0 Å². The summed E-state index contributed by atoms with van der Waals surface area (Å²) in [6.07, 6.45) is 6.11. The predicted molar refractivity (Wildman–Crippen MR) is 74.0 cm³/mol. The van der Waals surface area contributed by atoms with Gasteiger partial charge in [0.1, 0.15) is 5.15 Å². The van der Waals surface area contributed by atoms with E-state index >= 15 is 0 Å². The Balaban J connectivity index is 2.39. The zero-order valence-electron chi connectivity index (χ0n) is 11.5. The highest BCUT2D eigenvalue weighted by atomic mass is 35.5. The molecule has 1 aromatic rings. The summed E-state index contributed by atoms with van der Waals surface area (Å²) in [6.45, 7) is 6.29. The van der Waals surface area contributed by atoms with Crippen molar-refractivity contribution in [3.05, 3.63) is 16.4 Å². The highest BCUT2D eigenvalue weighted by molar-refractivity contribution is 6.30. The molecule has 1 N–H and O–H groups in total. The van der Waals surface area contributed by atoms with Gasteiger partial charge in [-0.15, -0.1) is 0 Å². The highest BCUT2D eigenvalue weighted by Crippen LogP contribution is 2.35. The quantitative estimate of drug-likeness (QED) is 0.887. The summed E-state index contributed by atoms with van der Waals surface area (Å²) >= 11 is 6.41. The van der Waals surface area contributed by atoms with E-state index in [0.29, 0.717) is 11.2 Å². The maximum absolute atomic E-state index is 9.54. The fourth-order valence-electron chi connectivity index (χ4n) is 2.76. The summed E-state index contributed by atoms with van der Waals surface area (Å²) in [4.78, 5) is 0. The lowest BCUT2D eigenvalue weighted by Gasteiger charge is -2.23. The van der Waals surface area contributed by atoms with Crippen LogP contribution in [0.1, 0.15) is 70.2 Å². The van der Waals surface area contributed by atoms with Gasteiger partial charge in [0.15, 0.2) is 0 Å². The van der Waals surface area contributed by atoms with Gasteiger partial charge in [0.2, 0.25) is 0 Å². The van der Waals surface area contributed by atoms with Crippen molar-refractivity contribution in [2.45, 2.75) is 70.9 Å². The second-order valence-electron chi connectivity index (χ2n) is 6.26. The minimum Gasteiger partial charge on any atom is -0.391 e. The fourth-order valence-corrected chi connectivity index (χ4v) is 3.08. The minimum atomic E-state index is -0.0817. The van der Waals surface area contributed by atoms with Gasteiger partial charge in [0.05, 0.1) is 18.3 Å². The van der Waals surface area contributed by atoms with Gasteiger partial charge >= 0.3 is 0 Å². The van der Waals surface area contributed by atoms with Crippen LogP contribution >= 0.6 is 11.6 Å². The smallest absolute Gasteiger partial charge is 0.133 e. The van der Waals surface area contributed by atoms with Gasteiger partial charge in [-0.1, -0.05) is 51.6 Å². The first-order valence-corrected chi connectivity index (χ1v) is 7.21. The van der Waals surface area contributed by atoms with E-state index < -0.39 is 0 Å². The van der Waals surface area contributed by atoms with Crippen LogP contribution in [0.4, 0.5) is 0 Å². The van der Waals surface area contributed by atoms with Gasteiger partial charge in [0.25, 0.3) is 0 Å². The Labute approximate surface area is 114 Å². The number of nitrogens with zero attached hydrogens (tertiary/aromatic N) is 2. The molecular formula is C14H23ClN2O. The van der Waals surface area contributed by atoms with Crippen LogP contribution in [0.2, 0.25) is 5.15 Å². The Morgan fingerprint density at radius 1 is 1.28 bits per heavy atom. The van der Waals surface area contributed by atoms with E-state index in [2.05, 4.69) is 20.8 Å². The van der Waals surface area contributed by atoms with Crippen molar-refractivity contribution >= 4 is 11.6 Å². The molecule has 1 fully saturated rings. The number of aliphatic hydroxyl groups is 1. The third kappa shape index (κ3) is 2.57. The second kappa shape index (κ2) is 5.22. The van der Waals surface area contributed by atoms with E-state index in [9.17, 15) is 5.11 Å². The SMILES string of the molecule is CC(C)(C)c1nn(C2CCCCC2)c(Cl)c1CO. The third-order valence-corrected chi connectivity index (χ3v) is 4.13. The van der Waals surface area contributed by atoms with Crippen LogP contribution in [0.25, 0.3) is 0 Å². The predicted octanol–water partition coefficient (Wildman–Crippen LogP) is 3.83. The van der Waals surface area contributed by atoms with Gasteiger partial charge < -0.3 is 5.11 Å². The lowest BCUT2D eigenvalue weighted by atomic mass is 9.90. The van der Waals surface area contributed by atoms with Crippen molar-refractivity contribution in [1.82, 2.24) is 9.78 Å². The first-order chi connectivity index (χ1) is 8.45. The second-order valence-corrected chi connectivity index (χ2v) is 6.62. The van der Waals surface area contributed by atoms with Crippen molar-refractivity contribution in [2.24, 2.45) is 0 Å². The molecule has 0 radical (unpaired) electrons. The molecule has 3 nitrogen and oxygen atoms in total. The topological polar surface area (TPSA) is 38.0 Å². The summed E-state index contributed by atoms with van der Waals surface area (Å²) in [5, 5.41) is 14.9. The monoisotopic (exact) mass is 270 g/mol. The van der Waals surface area contributed by atoms with Crippen molar-refractivity contribution in [3.63, 3.8) is 0 Å². The van der Waals surface area contributed by atoms with Crippen LogP contribution < -0.4 is 0 Å². The molecule has 1 aliphatic carbocycles. The van der Waals surface area contributed by atoms with E-state index in [1.165, 1.54) is 19.3 Å². The van der Waals surface area contributed by atoms with E-state index in [1.54, 1.807) is 0 Å². The fraction of sp³-hybridized carbons (Fsp3) is 0.786. The number of aromatic nitrogens is 2. The molecule has 0 aliphatic heterocycles. The minimum absolute atomic E-state index is 0.0296. The zero-order valence-corrected chi connectivity index (χ0v) is 12.3. The summed E-state index contributed by atoms with van der Waals surface area (Å²) in [5.74, 6) is 0. The normalized spacial score (nSPS) is 18.3. The molecule has 0 atom stereocenters. The number of halogens is 1. The molecule has 0 amide bonds. The van der Waals surface area contributed by atoms with Gasteiger partial charge in [-0.25, -0.2) is 0 Å². The Bertz CT molecular complexity index is 414. The van der Waals surface area contributed by atoms with E-state index in [4.69, 9.17) is 16.7 Å². The van der Waals surface area contributed by atoms with Crippen LogP contribution in [0, 0.1) is 0 Å². The maximum atomic E-state index is 9.54. The molecule has 2 rings (SSSR count). The average molecular weight is 271 g/mol. The van der Waals surface area contributed by atoms with Gasteiger partial charge in [-0.2, -0.15) is 5.10 Å². The van der Waals surface area contributed by atoms with Crippen molar-refractivity contribution in [3.8, 4) is 0 Å². The number of rotatable bonds is 2. The van der Waals surface area contributed by atoms with Gasteiger partial charge in [-0.3, -0.25) is 4.68 Å².